The maximum atomic E-state index is 5.38. The van der Waals surface area contributed by atoms with Crippen LogP contribution in [0.4, 0.5) is 11.8 Å². The summed E-state index contributed by atoms with van der Waals surface area (Å²) in [7, 11) is 0. The predicted octanol–water partition coefficient (Wildman–Crippen LogP) is 1.11. The van der Waals surface area contributed by atoms with E-state index in [1.165, 1.54) is 0 Å². The Balaban J connectivity index is 0.000001000. The fourth-order valence-corrected chi connectivity index (χ4v) is 0.895. The molecule has 0 fully saturated rings. The summed E-state index contributed by atoms with van der Waals surface area (Å²) in [5.41, 5.74) is 11.5. The van der Waals surface area contributed by atoms with Crippen LogP contribution in [0.3, 0.4) is 0 Å². The van der Waals surface area contributed by atoms with Crippen LogP contribution in [-0.2, 0) is 5.33 Å². The van der Waals surface area contributed by atoms with Crippen molar-refractivity contribution in [3.8, 4) is 0 Å². The number of alkyl halides is 1. The van der Waals surface area contributed by atoms with Crippen molar-refractivity contribution in [2.45, 2.75) is 5.33 Å². The Morgan fingerprint density at radius 1 is 1.36 bits per heavy atom. The van der Waals surface area contributed by atoms with E-state index >= 15 is 0 Å². The molecule has 0 amide bonds. The van der Waals surface area contributed by atoms with E-state index in [2.05, 4.69) is 25.9 Å². The summed E-state index contributed by atoms with van der Waals surface area (Å²) in [6.45, 7) is 0. The van der Waals surface area contributed by atoms with Crippen molar-refractivity contribution in [2.75, 3.05) is 11.5 Å². The number of nitrogen functional groups attached to an aromatic ring is 2. The van der Waals surface area contributed by atoms with Gasteiger partial charge in [0.15, 0.2) is 0 Å². The average molecular weight is 284 g/mol. The fourth-order valence-electron chi connectivity index (χ4n) is 0.608. The van der Waals surface area contributed by atoms with Gasteiger partial charge in [0.25, 0.3) is 0 Å². The van der Waals surface area contributed by atoms with Crippen LogP contribution in [0.15, 0.2) is 6.07 Å². The molecule has 0 saturated carbocycles. The molecule has 0 aliphatic carbocycles. The summed E-state index contributed by atoms with van der Waals surface area (Å²) in [6, 6.07) is 1.67. The number of nitrogens with zero attached hydrogens (tertiary/aromatic N) is 2. The smallest absolute Gasteiger partial charge is 0.222 e. The van der Waals surface area contributed by atoms with Gasteiger partial charge in [-0.25, -0.2) is 4.98 Å². The van der Waals surface area contributed by atoms with Crippen LogP contribution in [0.1, 0.15) is 5.69 Å². The fraction of sp³-hybridized carbons (Fsp3) is 0.200. The van der Waals surface area contributed by atoms with Gasteiger partial charge in [0, 0.05) is 11.4 Å². The van der Waals surface area contributed by atoms with Gasteiger partial charge in [-0.2, -0.15) is 4.98 Å². The summed E-state index contributed by atoms with van der Waals surface area (Å²) < 4.78 is 0. The van der Waals surface area contributed by atoms with Gasteiger partial charge in [0.1, 0.15) is 5.82 Å². The lowest BCUT2D eigenvalue weighted by Crippen LogP contribution is -2.01. The number of hydrogen-bond acceptors (Lipinski definition) is 4. The normalized spacial score (nSPS) is 8.82. The van der Waals surface area contributed by atoms with Crippen LogP contribution in [0.5, 0.6) is 0 Å². The molecule has 6 heteroatoms. The van der Waals surface area contributed by atoms with Gasteiger partial charge in [-0.3, -0.25) is 0 Å². The zero-order valence-corrected chi connectivity index (χ0v) is 8.92. The Bertz CT molecular complexity index is 220. The molecule has 0 aromatic carbocycles. The minimum atomic E-state index is 0. The van der Waals surface area contributed by atoms with Crippen LogP contribution in [0, 0.1) is 0 Å². The highest BCUT2D eigenvalue weighted by Gasteiger charge is 1.96. The van der Waals surface area contributed by atoms with Crippen LogP contribution < -0.4 is 11.5 Å². The predicted molar refractivity (Wildman–Crippen MR) is 53.8 cm³/mol. The van der Waals surface area contributed by atoms with Crippen molar-refractivity contribution in [1.29, 1.82) is 0 Å². The van der Waals surface area contributed by atoms with E-state index < -0.39 is 0 Å². The molecule has 1 rings (SSSR count). The number of nitrogens with two attached hydrogens (primary N) is 2. The van der Waals surface area contributed by atoms with Crippen LogP contribution in [-0.4, -0.2) is 9.97 Å². The number of aromatic nitrogens is 2. The molecule has 0 saturated heterocycles. The summed E-state index contributed by atoms with van der Waals surface area (Å²) in [5, 5.41) is 0.643. The molecule has 4 N–H and O–H groups in total. The van der Waals surface area contributed by atoms with Crippen molar-refractivity contribution in [1.82, 2.24) is 9.97 Å². The molecule has 4 nitrogen and oxygen atoms in total. The number of halogens is 2. The van der Waals surface area contributed by atoms with E-state index in [-0.39, 0.29) is 22.9 Å². The van der Waals surface area contributed by atoms with Gasteiger partial charge in [-0.15, -0.1) is 17.0 Å². The first-order chi connectivity index (χ1) is 4.72. The molecule has 0 radical (unpaired) electrons. The third-order valence-electron chi connectivity index (χ3n) is 0.953. The van der Waals surface area contributed by atoms with Gasteiger partial charge in [-0.05, 0) is 0 Å². The molecule has 62 valence electrons. The maximum Gasteiger partial charge on any atom is 0.222 e. The Kier molecular flexibility index (Phi) is 4.36. The summed E-state index contributed by atoms with van der Waals surface area (Å²) >= 11 is 3.22. The molecule has 0 spiro atoms. The lowest BCUT2D eigenvalue weighted by molar-refractivity contribution is 1.12. The second kappa shape index (κ2) is 4.50. The van der Waals surface area contributed by atoms with Gasteiger partial charge < -0.3 is 11.5 Å². The minimum absolute atomic E-state index is 0. The lowest BCUT2D eigenvalue weighted by atomic mass is 10.4. The van der Waals surface area contributed by atoms with Crippen molar-refractivity contribution < 1.29 is 0 Å². The molecule has 1 heterocycles. The van der Waals surface area contributed by atoms with Crippen LogP contribution in [0.25, 0.3) is 0 Å². The third kappa shape index (κ3) is 3.02. The van der Waals surface area contributed by atoms with Gasteiger partial charge in [0.2, 0.25) is 5.95 Å². The molecule has 11 heavy (non-hydrogen) atoms. The summed E-state index contributed by atoms with van der Waals surface area (Å²) in [5.74, 6) is 0.622. The first kappa shape index (κ1) is 10.6. The van der Waals surface area contributed by atoms with Crippen molar-refractivity contribution >= 4 is 44.7 Å². The monoisotopic (exact) mass is 282 g/mol. The zero-order valence-electron chi connectivity index (χ0n) is 5.62. The molecule has 0 unspecified atom stereocenters. The zero-order chi connectivity index (χ0) is 7.56. The number of anilines is 2. The largest absolute Gasteiger partial charge is 0.384 e. The minimum Gasteiger partial charge on any atom is -0.384 e. The summed E-state index contributed by atoms with van der Waals surface area (Å²) in [4.78, 5) is 7.60. The Labute approximate surface area is 83.3 Å². The second-order valence-corrected chi connectivity index (χ2v) is 2.34. The van der Waals surface area contributed by atoms with Gasteiger partial charge in [0.05, 0.1) is 5.69 Å². The third-order valence-corrected chi connectivity index (χ3v) is 1.53. The molecule has 0 aliphatic rings. The Hall–Kier alpha value is -0.360. The highest BCUT2D eigenvalue weighted by atomic mass is 79.9. The van der Waals surface area contributed by atoms with E-state index in [0.717, 1.165) is 5.69 Å². The first-order valence-corrected chi connectivity index (χ1v) is 3.79. The van der Waals surface area contributed by atoms with E-state index in [1.54, 1.807) is 6.07 Å². The molecule has 1 aromatic heterocycles. The highest BCUT2D eigenvalue weighted by Crippen LogP contribution is 2.06. The summed E-state index contributed by atoms with van der Waals surface area (Å²) in [6.07, 6.45) is 0. The molecule has 1 aromatic rings. The quantitative estimate of drug-likeness (QED) is 0.757. The molecular formula is C5H8Br2N4. The Morgan fingerprint density at radius 2 is 2.00 bits per heavy atom. The van der Waals surface area contributed by atoms with Gasteiger partial charge >= 0.3 is 0 Å². The van der Waals surface area contributed by atoms with Crippen molar-refractivity contribution in [3.63, 3.8) is 0 Å². The van der Waals surface area contributed by atoms with E-state index in [9.17, 15) is 0 Å². The molecular weight excluding hydrogens is 276 g/mol. The van der Waals surface area contributed by atoms with Crippen LogP contribution in [0.2, 0.25) is 0 Å². The maximum absolute atomic E-state index is 5.38. The molecule has 0 aliphatic heterocycles. The molecule has 0 bridgehead atoms. The SMILES string of the molecule is Br.Nc1cc(CBr)nc(N)n1. The number of rotatable bonds is 1. The van der Waals surface area contributed by atoms with Gasteiger partial charge in [-0.1, -0.05) is 15.9 Å². The van der Waals surface area contributed by atoms with Crippen molar-refractivity contribution in [3.05, 3.63) is 11.8 Å². The van der Waals surface area contributed by atoms with E-state index in [1.807, 2.05) is 0 Å². The van der Waals surface area contributed by atoms with E-state index in [4.69, 9.17) is 11.5 Å². The Morgan fingerprint density at radius 3 is 2.45 bits per heavy atom. The lowest BCUT2D eigenvalue weighted by Gasteiger charge is -1.97. The standard InChI is InChI=1S/C5H7BrN4.BrH/c6-2-3-1-4(7)10-5(8)9-3;/h1H,2H2,(H4,7,8,9,10);1H. The van der Waals surface area contributed by atoms with Crippen LogP contribution >= 0.6 is 32.9 Å². The average Bonchev–Trinajstić information content (AvgIpc) is 1.85. The second-order valence-electron chi connectivity index (χ2n) is 1.78. The highest BCUT2D eigenvalue weighted by molar-refractivity contribution is 9.08. The van der Waals surface area contributed by atoms with E-state index in [0.29, 0.717) is 11.1 Å². The number of hydrogen-bond donors (Lipinski definition) is 2. The topological polar surface area (TPSA) is 77.8 Å². The van der Waals surface area contributed by atoms with Crippen molar-refractivity contribution in [2.24, 2.45) is 0 Å². The molecule has 0 atom stereocenters. The first-order valence-electron chi connectivity index (χ1n) is 2.67.